The van der Waals surface area contributed by atoms with E-state index in [1.807, 2.05) is 12.1 Å². The Kier molecular flexibility index (Phi) is 5.71. The lowest BCUT2D eigenvalue weighted by atomic mass is 9.89. The van der Waals surface area contributed by atoms with Crippen molar-refractivity contribution in [3.63, 3.8) is 0 Å². The van der Waals surface area contributed by atoms with Crippen molar-refractivity contribution >= 4 is 39.1 Å². The zero-order valence-electron chi connectivity index (χ0n) is 17.7. The summed E-state index contributed by atoms with van der Waals surface area (Å²) in [4.78, 5) is 23.2. The average molecular weight is 476 g/mol. The predicted molar refractivity (Wildman–Crippen MR) is 123 cm³/mol. The molecule has 5 rings (SSSR count). The van der Waals surface area contributed by atoms with E-state index in [4.69, 9.17) is 11.6 Å². The molecule has 2 fully saturated rings. The third kappa shape index (κ3) is 4.28. The summed E-state index contributed by atoms with van der Waals surface area (Å²) in [6.07, 6.45) is 3.41. The lowest BCUT2D eigenvalue weighted by molar-refractivity contribution is -0.122. The number of piperidine rings is 2. The molecule has 10 heteroatoms. The minimum absolute atomic E-state index is 0.0211. The van der Waals surface area contributed by atoms with Gasteiger partial charge in [0.2, 0.25) is 11.9 Å². The van der Waals surface area contributed by atoms with Crippen molar-refractivity contribution < 1.29 is 13.2 Å². The number of hydrogen-bond acceptors (Lipinski definition) is 7. The van der Waals surface area contributed by atoms with Crippen molar-refractivity contribution in [3.8, 4) is 0 Å². The molecule has 0 saturated carbocycles. The summed E-state index contributed by atoms with van der Waals surface area (Å²) >= 11 is 6.02. The van der Waals surface area contributed by atoms with Crippen LogP contribution in [0.25, 0.3) is 0 Å². The number of halogens is 1. The molecule has 3 aliphatic heterocycles. The van der Waals surface area contributed by atoms with Crippen LogP contribution in [-0.2, 0) is 21.1 Å². The molecule has 1 amide bonds. The zero-order valence-corrected chi connectivity index (χ0v) is 19.3. The van der Waals surface area contributed by atoms with E-state index in [1.54, 1.807) is 0 Å². The Morgan fingerprint density at radius 1 is 1.06 bits per heavy atom. The number of nitrogens with one attached hydrogen (secondary N) is 2. The van der Waals surface area contributed by atoms with Crippen LogP contribution in [0.15, 0.2) is 29.2 Å². The smallest absolute Gasteiger partial charge is 0.227 e. The van der Waals surface area contributed by atoms with Gasteiger partial charge in [-0.15, -0.1) is 0 Å². The molecule has 170 valence electrons. The van der Waals surface area contributed by atoms with Crippen molar-refractivity contribution in [1.29, 1.82) is 0 Å². The quantitative estimate of drug-likeness (QED) is 0.700. The van der Waals surface area contributed by atoms with Crippen LogP contribution in [0.4, 0.5) is 11.8 Å². The fourth-order valence-corrected chi connectivity index (χ4v) is 6.45. The number of amides is 1. The van der Waals surface area contributed by atoms with Crippen molar-refractivity contribution in [1.82, 2.24) is 15.3 Å². The summed E-state index contributed by atoms with van der Waals surface area (Å²) < 4.78 is 25.3. The lowest BCUT2D eigenvalue weighted by Gasteiger charge is -2.33. The van der Waals surface area contributed by atoms with Gasteiger partial charge >= 0.3 is 0 Å². The number of benzene rings is 1. The van der Waals surface area contributed by atoms with Crippen molar-refractivity contribution in [3.05, 3.63) is 40.5 Å². The summed E-state index contributed by atoms with van der Waals surface area (Å²) in [6.45, 7) is 2.06. The van der Waals surface area contributed by atoms with E-state index in [0.717, 1.165) is 31.0 Å². The Labute approximate surface area is 192 Å². The molecule has 1 aromatic carbocycles. The molecular formula is C22H26ClN5O3S. The maximum atomic E-state index is 12.7. The summed E-state index contributed by atoms with van der Waals surface area (Å²) in [5, 5.41) is 6.86. The predicted octanol–water partition coefficient (Wildman–Crippen LogP) is 2.53. The lowest BCUT2D eigenvalue weighted by Crippen LogP contribution is -2.42. The number of anilines is 2. The topological polar surface area (TPSA) is 104 Å². The van der Waals surface area contributed by atoms with Crippen LogP contribution in [0.1, 0.15) is 42.9 Å². The Morgan fingerprint density at radius 2 is 1.81 bits per heavy atom. The number of carbonyl (C=O) groups is 1. The van der Waals surface area contributed by atoms with Gasteiger partial charge in [-0.05, 0) is 42.9 Å². The first-order chi connectivity index (χ1) is 15.4. The standard InChI is InChI=1S/C22H26ClN5O3S/c23-16-3-1-14(2-4-16)15-7-10-28(11-8-15)22-26-18-9-12-32(30,31)20(18)21(27-22)25-17-5-6-19(29)24-13-17/h1-4,15,17H,5-13H2,(H,24,29)(H,25,26,27)/t17-/m0/s1. The van der Waals surface area contributed by atoms with Gasteiger partial charge in [0.05, 0.1) is 11.4 Å². The second-order valence-corrected chi connectivity index (χ2v) is 11.2. The number of carbonyl (C=O) groups excluding carboxylic acids is 1. The first-order valence-corrected chi connectivity index (χ1v) is 13.1. The first-order valence-electron chi connectivity index (χ1n) is 11.1. The minimum Gasteiger partial charge on any atom is -0.364 e. The van der Waals surface area contributed by atoms with Crippen LogP contribution < -0.4 is 15.5 Å². The number of rotatable bonds is 4. The van der Waals surface area contributed by atoms with Crippen molar-refractivity contribution in [2.45, 2.75) is 49.0 Å². The highest BCUT2D eigenvalue weighted by atomic mass is 35.5. The number of nitrogens with zero attached hydrogens (tertiary/aromatic N) is 3. The largest absolute Gasteiger partial charge is 0.364 e. The molecule has 32 heavy (non-hydrogen) atoms. The van der Waals surface area contributed by atoms with Gasteiger partial charge < -0.3 is 15.5 Å². The normalized spacial score (nSPS) is 23.0. The van der Waals surface area contributed by atoms with E-state index in [9.17, 15) is 13.2 Å². The van der Waals surface area contributed by atoms with E-state index < -0.39 is 9.84 Å². The van der Waals surface area contributed by atoms with Gasteiger partial charge in [0.1, 0.15) is 4.90 Å². The molecule has 0 bridgehead atoms. The highest BCUT2D eigenvalue weighted by Crippen LogP contribution is 2.35. The van der Waals surface area contributed by atoms with Crippen LogP contribution >= 0.6 is 11.6 Å². The third-order valence-corrected chi connectivity index (χ3v) is 8.61. The number of hydrogen-bond donors (Lipinski definition) is 2. The maximum absolute atomic E-state index is 12.7. The molecular weight excluding hydrogens is 450 g/mol. The maximum Gasteiger partial charge on any atom is 0.227 e. The highest BCUT2D eigenvalue weighted by Gasteiger charge is 2.35. The van der Waals surface area contributed by atoms with E-state index >= 15 is 0 Å². The second-order valence-electron chi connectivity index (χ2n) is 8.71. The molecule has 2 saturated heterocycles. The van der Waals surface area contributed by atoms with E-state index in [2.05, 4.69) is 37.6 Å². The first kappa shape index (κ1) is 21.5. The number of sulfone groups is 1. The van der Waals surface area contributed by atoms with Gasteiger partial charge in [0.25, 0.3) is 0 Å². The molecule has 8 nitrogen and oxygen atoms in total. The fraction of sp³-hybridized carbons (Fsp3) is 0.500. The second kappa shape index (κ2) is 8.51. The van der Waals surface area contributed by atoms with Gasteiger partial charge in [-0.1, -0.05) is 23.7 Å². The average Bonchev–Trinajstić information content (AvgIpc) is 3.11. The molecule has 3 aliphatic rings. The van der Waals surface area contributed by atoms with E-state index in [-0.39, 0.29) is 22.6 Å². The summed E-state index contributed by atoms with van der Waals surface area (Å²) in [6, 6.07) is 7.98. The van der Waals surface area contributed by atoms with E-state index in [0.29, 0.717) is 49.2 Å². The molecule has 2 N–H and O–H groups in total. The summed E-state index contributed by atoms with van der Waals surface area (Å²) in [5.41, 5.74) is 1.88. The Hall–Kier alpha value is -2.39. The molecule has 1 atom stereocenters. The summed E-state index contributed by atoms with van der Waals surface area (Å²) in [7, 11) is -3.40. The Balaban J connectivity index is 1.37. The van der Waals surface area contributed by atoms with Crippen LogP contribution in [0.3, 0.4) is 0 Å². The van der Waals surface area contributed by atoms with Gasteiger partial charge in [-0.25, -0.2) is 13.4 Å². The van der Waals surface area contributed by atoms with Crippen LogP contribution in [0, 0.1) is 0 Å². The summed E-state index contributed by atoms with van der Waals surface area (Å²) in [5.74, 6) is 1.51. The van der Waals surface area contributed by atoms with Crippen molar-refractivity contribution in [2.24, 2.45) is 0 Å². The number of aryl methyl sites for hydroxylation is 1. The molecule has 0 unspecified atom stereocenters. The third-order valence-electron chi connectivity index (χ3n) is 6.57. The molecule has 0 radical (unpaired) electrons. The molecule has 2 aromatic rings. The van der Waals surface area contributed by atoms with Gasteiger partial charge in [-0.2, -0.15) is 4.98 Å². The zero-order chi connectivity index (χ0) is 22.3. The minimum atomic E-state index is -3.40. The van der Waals surface area contributed by atoms with Crippen LogP contribution in [-0.4, -0.2) is 55.7 Å². The monoisotopic (exact) mass is 475 g/mol. The Bertz CT molecular complexity index is 1120. The van der Waals surface area contributed by atoms with Gasteiger partial charge in [-0.3, -0.25) is 4.79 Å². The molecule has 1 aromatic heterocycles. The molecule has 0 spiro atoms. The number of aromatic nitrogens is 2. The number of fused-ring (bicyclic) bond motifs is 1. The highest BCUT2D eigenvalue weighted by molar-refractivity contribution is 7.91. The van der Waals surface area contributed by atoms with Gasteiger partial charge in [0, 0.05) is 43.5 Å². The van der Waals surface area contributed by atoms with Crippen LogP contribution in [0.5, 0.6) is 0 Å². The molecule has 4 heterocycles. The SMILES string of the molecule is O=C1CC[C@H](Nc2nc(N3CCC(c4ccc(Cl)cc4)CC3)nc3c2S(=O)(=O)CC3)CN1. The van der Waals surface area contributed by atoms with Crippen molar-refractivity contribution in [2.75, 3.05) is 35.6 Å². The van der Waals surface area contributed by atoms with Gasteiger partial charge in [0.15, 0.2) is 15.7 Å². The molecule has 0 aliphatic carbocycles. The van der Waals surface area contributed by atoms with Crippen LogP contribution in [0.2, 0.25) is 5.02 Å². The fourth-order valence-electron chi connectivity index (χ4n) is 4.75. The Morgan fingerprint density at radius 3 is 2.50 bits per heavy atom. The van der Waals surface area contributed by atoms with E-state index in [1.165, 1.54) is 5.56 Å².